The van der Waals surface area contributed by atoms with Crippen molar-refractivity contribution in [2.75, 3.05) is 58.2 Å². The molecule has 1 aliphatic rings. The zero-order chi connectivity index (χ0) is 28.9. The Bertz CT molecular complexity index is 1360. The number of alkyl halides is 3. The SMILES string of the molecule is CCNC(=O)Nc1cc(-c2nc(C(F)(F)F)cs2)c(-c2cc(C(=O)[O-])cnc2OCCN2CCN(C)CC2)cn1. The summed E-state index contributed by atoms with van der Waals surface area (Å²) in [5.74, 6) is -1.37. The minimum atomic E-state index is -4.67. The van der Waals surface area contributed by atoms with E-state index in [1.807, 2.05) is 7.05 Å². The Morgan fingerprint density at radius 3 is 2.50 bits per heavy atom. The average molecular weight is 579 g/mol. The van der Waals surface area contributed by atoms with Crippen LogP contribution in [0.3, 0.4) is 0 Å². The third kappa shape index (κ3) is 7.22. The molecule has 3 aromatic heterocycles. The quantitative estimate of drug-likeness (QED) is 0.392. The van der Waals surface area contributed by atoms with E-state index in [-0.39, 0.29) is 45.6 Å². The fraction of sp³-hybridized carbons (Fsp3) is 0.400. The lowest BCUT2D eigenvalue weighted by molar-refractivity contribution is -0.255. The third-order valence-corrected chi connectivity index (χ3v) is 7.00. The lowest BCUT2D eigenvalue weighted by Crippen LogP contribution is -2.45. The molecular formula is C25H27F3N7O4S-. The monoisotopic (exact) mass is 578 g/mol. The summed E-state index contributed by atoms with van der Waals surface area (Å²) in [5, 5.41) is 17.6. The number of carbonyl (C=O) groups excluding carboxylic acids is 2. The van der Waals surface area contributed by atoms with Crippen molar-refractivity contribution in [3.63, 3.8) is 0 Å². The molecule has 0 aromatic carbocycles. The largest absolute Gasteiger partial charge is 0.545 e. The van der Waals surface area contributed by atoms with Crippen LogP contribution in [0.2, 0.25) is 0 Å². The summed E-state index contributed by atoms with van der Waals surface area (Å²) in [6.45, 7) is 6.47. The van der Waals surface area contributed by atoms with Crippen LogP contribution in [0.15, 0.2) is 29.9 Å². The van der Waals surface area contributed by atoms with Crippen LogP contribution in [0.5, 0.6) is 5.88 Å². The minimum absolute atomic E-state index is 0.0223. The number of hydrogen-bond acceptors (Lipinski definition) is 10. The van der Waals surface area contributed by atoms with E-state index in [9.17, 15) is 27.9 Å². The van der Waals surface area contributed by atoms with Gasteiger partial charge in [-0.2, -0.15) is 13.2 Å². The van der Waals surface area contributed by atoms with Gasteiger partial charge in [0.25, 0.3) is 0 Å². The van der Waals surface area contributed by atoms with Crippen molar-refractivity contribution >= 4 is 29.2 Å². The summed E-state index contributed by atoms with van der Waals surface area (Å²) in [5.41, 5.74) is -0.778. The Morgan fingerprint density at radius 2 is 1.85 bits per heavy atom. The van der Waals surface area contributed by atoms with Gasteiger partial charge in [0.05, 0.1) is 5.97 Å². The number of anilines is 1. The fourth-order valence-corrected chi connectivity index (χ4v) is 4.84. The predicted octanol–water partition coefficient (Wildman–Crippen LogP) is 2.42. The van der Waals surface area contributed by atoms with E-state index in [0.717, 1.165) is 49.1 Å². The van der Waals surface area contributed by atoms with Crippen molar-refractivity contribution in [1.29, 1.82) is 0 Å². The second kappa shape index (κ2) is 12.6. The second-order valence-corrected chi connectivity index (χ2v) is 9.85. The number of carboxylic acid groups (broad SMARTS) is 1. The number of carbonyl (C=O) groups is 2. The summed E-state index contributed by atoms with van der Waals surface area (Å²) < 4.78 is 46.0. The molecule has 0 aliphatic carbocycles. The number of ether oxygens (including phenoxy) is 1. The highest BCUT2D eigenvalue weighted by Crippen LogP contribution is 2.40. The molecule has 3 aromatic rings. The molecule has 4 rings (SSSR count). The minimum Gasteiger partial charge on any atom is -0.545 e. The van der Waals surface area contributed by atoms with Gasteiger partial charge in [0.2, 0.25) is 5.88 Å². The first-order chi connectivity index (χ1) is 19.0. The number of piperazine rings is 1. The summed E-state index contributed by atoms with van der Waals surface area (Å²) >= 11 is 0.742. The molecule has 40 heavy (non-hydrogen) atoms. The maximum atomic E-state index is 13.4. The molecule has 214 valence electrons. The number of likely N-dealkylation sites (N-methyl/N-ethyl adjacent to an activating group) is 1. The van der Waals surface area contributed by atoms with Crippen molar-refractivity contribution in [1.82, 2.24) is 30.1 Å². The maximum Gasteiger partial charge on any atom is 0.434 e. The zero-order valence-corrected chi connectivity index (χ0v) is 22.6. The van der Waals surface area contributed by atoms with Crippen LogP contribution in [-0.4, -0.2) is 89.7 Å². The summed E-state index contributed by atoms with van der Waals surface area (Å²) in [6.07, 6.45) is -2.28. The number of rotatable bonds is 9. The van der Waals surface area contributed by atoms with Gasteiger partial charge in [-0.3, -0.25) is 10.2 Å². The summed E-state index contributed by atoms with van der Waals surface area (Å²) in [4.78, 5) is 40.3. The molecule has 0 atom stereocenters. The molecule has 4 heterocycles. The van der Waals surface area contributed by atoms with Crippen molar-refractivity contribution in [3.05, 3.63) is 41.2 Å². The lowest BCUT2D eigenvalue weighted by atomic mass is 10.0. The molecule has 1 saturated heterocycles. The van der Waals surface area contributed by atoms with Crippen molar-refractivity contribution in [3.8, 4) is 27.6 Å². The van der Waals surface area contributed by atoms with Gasteiger partial charge in [0.1, 0.15) is 17.4 Å². The first-order valence-corrected chi connectivity index (χ1v) is 13.3. The highest BCUT2D eigenvalue weighted by molar-refractivity contribution is 7.13. The van der Waals surface area contributed by atoms with Gasteiger partial charge in [-0.15, -0.1) is 11.3 Å². The molecule has 15 heteroatoms. The van der Waals surface area contributed by atoms with Crippen LogP contribution < -0.4 is 20.5 Å². The van der Waals surface area contributed by atoms with Gasteiger partial charge in [0, 0.05) is 79.3 Å². The van der Waals surface area contributed by atoms with Crippen LogP contribution in [0.25, 0.3) is 21.7 Å². The lowest BCUT2D eigenvalue weighted by Gasteiger charge is -2.32. The Balaban J connectivity index is 1.73. The topological polar surface area (TPSA) is 136 Å². The van der Waals surface area contributed by atoms with Crippen molar-refractivity contribution in [2.45, 2.75) is 13.1 Å². The van der Waals surface area contributed by atoms with E-state index >= 15 is 0 Å². The Labute approximate surface area is 232 Å². The van der Waals surface area contributed by atoms with Crippen LogP contribution in [0.4, 0.5) is 23.8 Å². The number of amides is 2. The first-order valence-electron chi connectivity index (χ1n) is 12.4. The summed E-state index contributed by atoms with van der Waals surface area (Å²) in [7, 11) is 2.05. The van der Waals surface area contributed by atoms with Crippen molar-refractivity contribution < 1.29 is 32.6 Å². The van der Waals surface area contributed by atoms with Crippen molar-refractivity contribution in [2.24, 2.45) is 0 Å². The zero-order valence-electron chi connectivity index (χ0n) is 21.7. The highest BCUT2D eigenvalue weighted by atomic mass is 32.1. The van der Waals surface area contributed by atoms with E-state index in [1.54, 1.807) is 6.92 Å². The molecule has 0 spiro atoms. The van der Waals surface area contributed by atoms with E-state index in [1.165, 1.54) is 18.3 Å². The number of pyridine rings is 2. The number of aromatic carboxylic acids is 1. The highest BCUT2D eigenvalue weighted by Gasteiger charge is 2.34. The molecule has 0 saturated carbocycles. The number of hydrogen-bond donors (Lipinski definition) is 2. The van der Waals surface area contributed by atoms with Crippen LogP contribution >= 0.6 is 11.3 Å². The number of thiazole rings is 1. The van der Waals surface area contributed by atoms with Crippen LogP contribution in [-0.2, 0) is 6.18 Å². The van der Waals surface area contributed by atoms with Gasteiger partial charge in [-0.1, -0.05) is 0 Å². The Morgan fingerprint density at radius 1 is 1.10 bits per heavy atom. The molecule has 0 radical (unpaired) electrons. The summed E-state index contributed by atoms with van der Waals surface area (Å²) in [6, 6.07) is 2.07. The van der Waals surface area contributed by atoms with Gasteiger partial charge in [0.15, 0.2) is 5.69 Å². The predicted molar refractivity (Wildman–Crippen MR) is 140 cm³/mol. The Hall–Kier alpha value is -3.82. The molecule has 1 aliphatic heterocycles. The molecule has 2 amide bonds. The van der Waals surface area contributed by atoms with E-state index in [2.05, 4.69) is 35.4 Å². The number of aromatic nitrogens is 3. The average Bonchev–Trinajstić information content (AvgIpc) is 3.41. The van der Waals surface area contributed by atoms with Gasteiger partial charge in [-0.05, 0) is 26.1 Å². The second-order valence-electron chi connectivity index (χ2n) is 8.99. The fourth-order valence-electron chi connectivity index (χ4n) is 3.98. The van der Waals surface area contributed by atoms with Gasteiger partial charge in [-0.25, -0.2) is 19.7 Å². The first kappa shape index (κ1) is 29.2. The number of carboxylic acids is 1. The molecular weight excluding hydrogens is 551 g/mol. The van der Waals surface area contributed by atoms with E-state index in [0.29, 0.717) is 13.1 Å². The molecule has 0 unspecified atom stereocenters. The van der Waals surface area contributed by atoms with E-state index < -0.39 is 23.9 Å². The third-order valence-electron chi connectivity index (χ3n) is 6.13. The number of nitrogens with zero attached hydrogens (tertiary/aromatic N) is 5. The normalized spacial score (nSPS) is 14.6. The smallest absolute Gasteiger partial charge is 0.434 e. The standard InChI is InChI=1S/C25H28F3N7O4S/c1-3-29-24(38)33-20-11-17(22-32-19(14-40-22)25(26,27)28)18(13-30-20)16-10-15(23(36)37)12-31-21(16)39-9-8-35-6-4-34(2)5-7-35/h10-14H,3-9H2,1-2H3,(H,36,37)(H2,29,30,33,38)/p-1. The molecule has 1 fully saturated rings. The molecule has 11 nitrogen and oxygen atoms in total. The Kier molecular flexibility index (Phi) is 9.17. The molecule has 0 bridgehead atoms. The van der Waals surface area contributed by atoms with Gasteiger partial charge < -0.3 is 24.9 Å². The van der Waals surface area contributed by atoms with Gasteiger partial charge >= 0.3 is 12.2 Å². The number of nitrogens with one attached hydrogen (secondary N) is 2. The molecule has 2 N–H and O–H groups in total. The van der Waals surface area contributed by atoms with E-state index in [4.69, 9.17) is 4.74 Å². The maximum absolute atomic E-state index is 13.4. The number of urea groups is 1. The van der Waals surface area contributed by atoms with Crippen LogP contribution in [0.1, 0.15) is 23.0 Å². The van der Waals surface area contributed by atoms with Crippen LogP contribution in [0, 0.1) is 0 Å². The number of halogens is 3.